The van der Waals surface area contributed by atoms with Gasteiger partial charge in [-0.05, 0) is 48.9 Å². The maximum Gasteiger partial charge on any atom is 0.255 e. The van der Waals surface area contributed by atoms with Crippen LogP contribution < -0.4 is 10.6 Å². The van der Waals surface area contributed by atoms with E-state index < -0.39 is 0 Å². The maximum atomic E-state index is 12.1. The van der Waals surface area contributed by atoms with Crippen LogP contribution >= 0.6 is 11.6 Å². The third-order valence-electron chi connectivity index (χ3n) is 3.40. The quantitative estimate of drug-likeness (QED) is 0.913. The Morgan fingerprint density at radius 2 is 2.00 bits per heavy atom. The lowest BCUT2D eigenvalue weighted by Crippen LogP contribution is -2.30. The first kappa shape index (κ1) is 14.6. The first-order valence-corrected chi connectivity index (χ1v) is 7.56. The average Bonchev–Trinajstić information content (AvgIpc) is 2.56. The van der Waals surface area contributed by atoms with Crippen molar-refractivity contribution in [2.75, 3.05) is 18.4 Å². The molecular weight excluding hydrogens is 298 g/mol. The Labute approximate surface area is 134 Å². The van der Waals surface area contributed by atoms with E-state index in [-0.39, 0.29) is 5.91 Å². The maximum absolute atomic E-state index is 12.1. The summed E-state index contributed by atoms with van der Waals surface area (Å²) in [6.07, 6.45) is 1.07. The molecule has 2 aromatic carbocycles. The fourth-order valence-electron chi connectivity index (χ4n) is 2.27. The number of rotatable bonds is 3. The topological polar surface area (TPSA) is 53.5 Å². The summed E-state index contributed by atoms with van der Waals surface area (Å²) >= 11 is 5.90. The fraction of sp³-hybridized carbons (Fsp3) is 0.176. The van der Waals surface area contributed by atoms with Crippen molar-refractivity contribution in [3.63, 3.8) is 0 Å². The van der Waals surface area contributed by atoms with Crippen LogP contribution in [-0.2, 0) is 0 Å². The molecule has 22 heavy (non-hydrogen) atoms. The Morgan fingerprint density at radius 3 is 2.68 bits per heavy atom. The molecule has 5 heteroatoms. The van der Waals surface area contributed by atoms with Crippen LogP contribution in [0.3, 0.4) is 0 Å². The molecule has 1 aliphatic heterocycles. The number of carbonyl (C=O) groups excluding carboxylic acids is 1. The Kier molecular flexibility index (Phi) is 4.39. The van der Waals surface area contributed by atoms with Gasteiger partial charge < -0.3 is 10.6 Å². The van der Waals surface area contributed by atoms with E-state index in [0.717, 1.165) is 36.6 Å². The van der Waals surface area contributed by atoms with Crippen molar-refractivity contribution >= 4 is 29.0 Å². The van der Waals surface area contributed by atoms with E-state index in [9.17, 15) is 4.79 Å². The van der Waals surface area contributed by atoms with E-state index in [1.54, 1.807) is 24.3 Å². The van der Waals surface area contributed by atoms with Gasteiger partial charge in [-0.3, -0.25) is 9.79 Å². The molecule has 0 aliphatic carbocycles. The van der Waals surface area contributed by atoms with E-state index in [1.807, 2.05) is 24.3 Å². The van der Waals surface area contributed by atoms with Crippen molar-refractivity contribution in [1.82, 2.24) is 5.32 Å². The summed E-state index contributed by atoms with van der Waals surface area (Å²) < 4.78 is 0. The molecule has 112 valence electrons. The third-order valence-corrected chi connectivity index (χ3v) is 3.64. The number of hydrogen-bond donors (Lipinski definition) is 2. The summed E-state index contributed by atoms with van der Waals surface area (Å²) in [5, 5.41) is 6.68. The van der Waals surface area contributed by atoms with Gasteiger partial charge in [-0.1, -0.05) is 17.7 Å². The molecule has 1 heterocycles. The highest BCUT2D eigenvalue weighted by molar-refractivity contribution is 6.31. The van der Waals surface area contributed by atoms with E-state index in [0.29, 0.717) is 10.6 Å². The Balaban J connectivity index is 1.71. The van der Waals surface area contributed by atoms with Gasteiger partial charge in [0, 0.05) is 34.9 Å². The average molecular weight is 314 g/mol. The van der Waals surface area contributed by atoms with Gasteiger partial charge in [0.05, 0.1) is 0 Å². The number of hydrogen-bond acceptors (Lipinski definition) is 3. The SMILES string of the molecule is O=C(Nc1ccc(C2=NCCCN2)cc1)c1cccc(Cl)c1. The second kappa shape index (κ2) is 6.62. The van der Waals surface area contributed by atoms with Gasteiger partial charge in [-0.25, -0.2) is 0 Å². The molecule has 4 nitrogen and oxygen atoms in total. The van der Waals surface area contributed by atoms with E-state index in [2.05, 4.69) is 15.6 Å². The van der Waals surface area contributed by atoms with Crippen molar-refractivity contribution in [2.45, 2.75) is 6.42 Å². The number of nitrogens with one attached hydrogen (secondary N) is 2. The van der Waals surface area contributed by atoms with Crippen LogP contribution in [0.15, 0.2) is 53.5 Å². The summed E-state index contributed by atoms with van der Waals surface area (Å²) in [5.41, 5.74) is 2.31. The highest BCUT2D eigenvalue weighted by Crippen LogP contribution is 2.15. The van der Waals surface area contributed by atoms with Crippen molar-refractivity contribution in [2.24, 2.45) is 4.99 Å². The molecule has 1 amide bonds. The van der Waals surface area contributed by atoms with Crippen LogP contribution in [0.4, 0.5) is 5.69 Å². The fourth-order valence-corrected chi connectivity index (χ4v) is 2.46. The standard InChI is InChI=1S/C17H16ClN3O/c18-14-4-1-3-13(11-14)17(22)21-15-7-5-12(6-8-15)16-19-9-2-10-20-16/h1,3-8,11H,2,9-10H2,(H,19,20)(H,21,22). The van der Waals surface area contributed by atoms with Gasteiger partial charge in [-0.2, -0.15) is 0 Å². The summed E-state index contributed by atoms with van der Waals surface area (Å²) in [7, 11) is 0. The van der Waals surface area contributed by atoms with Gasteiger partial charge in [0.15, 0.2) is 0 Å². The number of amidine groups is 1. The third kappa shape index (κ3) is 3.46. The number of aliphatic imine (C=N–C) groups is 1. The Hall–Kier alpha value is -2.33. The second-order valence-corrected chi connectivity index (χ2v) is 5.49. The van der Waals surface area contributed by atoms with Crippen LogP contribution in [0.25, 0.3) is 0 Å². The zero-order valence-corrected chi connectivity index (χ0v) is 12.7. The molecule has 0 spiro atoms. The molecule has 2 aromatic rings. The molecule has 0 aromatic heterocycles. The lowest BCUT2D eigenvalue weighted by atomic mass is 10.1. The molecule has 3 rings (SSSR count). The zero-order valence-electron chi connectivity index (χ0n) is 12.0. The molecular formula is C17H16ClN3O. The summed E-state index contributed by atoms with van der Waals surface area (Å²) in [6, 6.07) is 14.5. The minimum atomic E-state index is -0.177. The molecule has 2 N–H and O–H groups in total. The predicted molar refractivity (Wildman–Crippen MR) is 89.9 cm³/mol. The first-order chi connectivity index (χ1) is 10.7. The van der Waals surface area contributed by atoms with Gasteiger partial charge in [0.2, 0.25) is 0 Å². The molecule has 0 atom stereocenters. The number of carbonyl (C=O) groups is 1. The highest BCUT2D eigenvalue weighted by atomic mass is 35.5. The first-order valence-electron chi connectivity index (χ1n) is 7.18. The summed E-state index contributed by atoms with van der Waals surface area (Å²) in [5.74, 6) is 0.738. The van der Waals surface area contributed by atoms with Crippen LogP contribution in [0.5, 0.6) is 0 Å². The molecule has 0 saturated heterocycles. The molecule has 0 fully saturated rings. The summed E-state index contributed by atoms with van der Waals surface area (Å²) in [4.78, 5) is 16.6. The predicted octanol–water partition coefficient (Wildman–Crippen LogP) is 3.33. The minimum Gasteiger partial charge on any atom is -0.370 e. The van der Waals surface area contributed by atoms with E-state index in [1.165, 1.54) is 0 Å². The molecule has 0 radical (unpaired) electrons. The van der Waals surface area contributed by atoms with Gasteiger partial charge in [0.25, 0.3) is 5.91 Å². The number of amides is 1. The lowest BCUT2D eigenvalue weighted by Gasteiger charge is -2.15. The van der Waals surface area contributed by atoms with Crippen molar-refractivity contribution in [3.05, 3.63) is 64.7 Å². The molecule has 0 unspecified atom stereocenters. The van der Waals surface area contributed by atoms with Gasteiger partial charge in [-0.15, -0.1) is 0 Å². The van der Waals surface area contributed by atoms with E-state index in [4.69, 9.17) is 11.6 Å². The van der Waals surface area contributed by atoms with Crippen LogP contribution in [-0.4, -0.2) is 24.8 Å². The van der Waals surface area contributed by atoms with Gasteiger partial charge in [0.1, 0.15) is 5.84 Å². The minimum absolute atomic E-state index is 0.177. The van der Waals surface area contributed by atoms with Crippen LogP contribution in [0.1, 0.15) is 22.3 Å². The number of benzene rings is 2. The van der Waals surface area contributed by atoms with Crippen molar-refractivity contribution in [1.29, 1.82) is 0 Å². The Bertz CT molecular complexity index is 710. The van der Waals surface area contributed by atoms with Crippen molar-refractivity contribution in [3.8, 4) is 0 Å². The number of nitrogens with zero attached hydrogens (tertiary/aromatic N) is 1. The molecule has 1 aliphatic rings. The number of anilines is 1. The van der Waals surface area contributed by atoms with Crippen LogP contribution in [0, 0.1) is 0 Å². The van der Waals surface area contributed by atoms with Crippen molar-refractivity contribution < 1.29 is 4.79 Å². The normalized spacial score (nSPS) is 14.0. The zero-order chi connectivity index (χ0) is 15.4. The van der Waals surface area contributed by atoms with E-state index >= 15 is 0 Å². The van der Waals surface area contributed by atoms with Gasteiger partial charge >= 0.3 is 0 Å². The summed E-state index contributed by atoms with van der Waals surface area (Å²) in [6.45, 7) is 1.81. The highest BCUT2D eigenvalue weighted by Gasteiger charge is 2.09. The molecule has 0 bridgehead atoms. The Morgan fingerprint density at radius 1 is 1.18 bits per heavy atom. The largest absolute Gasteiger partial charge is 0.370 e. The smallest absolute Gasteiger partial charge is 0.255 e. The second-order valence-electron chi connectivity index (χ2n) is 5.05. The lowest BCUT2D eigenvalue weighted by molar-refractivity contribution is 0.102. The van der Waals surface area contributed by atoms with Crippen LogP contribution in [0.2, 0.25) is 5.02 Å². The monoisotopic (exact) mass is 313 g/mol. The number of halogens is 1. The molecule has 0 saturated carbocycles.